The molecule has 0 radical (unpaired) electrons. The number of carbonyl (C=O) groups is 1. The minimum Gasteiger partial charge on any atom is -0.477 e. The summed E-state index contributed by atoms with van der Waals surface area (Å²) in [5, 5.41) is 3.00. The molecule has 2 fully saturated rings. The van der Waals surface area contributed by atoms with Gasteiger partial charge in [0.25, 0.3) is 0 Å². The van der Waals surface area contributed by atoms with Crippen molar-refractivity contribution in [1.82, 2.24) is 10.3 Å². The summed E-state index contributed by atoms with van der Waals surface area (Å²) >= 11 is 0. The van der Waals surface area contributed by atoms with Gasteiger partial charge in [0.05, 0.1) is 12.0 Å². The van der Waals surface area contributed by atoms with Crippen LogP contribution in [-0.2, 0) is 16.8 Å². The van der Waals surface area contributed by atoms with Crippen LogP contribution >= 0.6 is 0 Å². The summed E-state index contributed by atoms with van der Waals surface area (Å²) in [5.41, 5.74) is 1.09. The summed E-state index contributed by atoms with van der Waals surface area (Å²) in [4.78, 5) is 17.1. The molecule has 4 rings (SSSR count). The Balaban J connectivity index is 1.36. The van der Waals surface area contributed by atoms with Crippen LogP contribution in [0.2, 0.25) is 0 Å². The van der Waals surface area contributed by atoms with E-state index in [1.807, 2.05) is 18.2 Å². The van der Waals surface area contributed by atoms with Gasteiger partial charge in [-0.1, -0.05) is 24.6 Å². The SMILES string of the molecule is O=C(NCc1ccc(OCC2CC2)nc1)C1(c2cccc(F)c2)CCC1. The van der Waals surface area contributed by atoms with Crippen molar-refractivity contribution in [1.29, 1.82) is 0 Å². The molecule has 4 nitrogen and oxygen atoms in total. The first-order valence-electron chi connectivity index (χ1n) is 9.28. The van der Waals surface area contributed by atoms with E-state index in [1.165, 1.54) is 25.0 Å². The predicted molar refractivity (Wildman–Crippen MR) is 96.2 cm³/mol. The Bertz CT molecular complexity index is 783. The molecule has 1 N–H and O–H groups in total. The lowest BCUT2D eigenvalue weighted by atomic mass is 9.64. The van der Waals surface area contributed by atoms with E-state index in [2.05, 4.69) is 10.3 Å². The molecular weight excluding hydrogens is 331 g/mol. The zero-order chi connectivity index (χ0) is 18.0. The monoisotopic (exact) mass is 354 g/mol. The van der Waals surface area contributed by atoms with Crippen LogP contribution < -0.4 is 10.1 Å². The number of hydrogen-bond donors (Lipinski definition) is 1. The molecule has 26 heavy (non-hydrogen) atoms. The number of aromatic nitrogens is 1. The third-order valence-corrected chi connectivity index (χ3v) is 5.43. The smallest absolute Gasteiger partial charge is 0.230 e. The van der Waals surface area contributed by atoms with Crippen molar-refractivity contribution in [3.63, 3.8) is 0 Å². The van der Waals surface area contributed by atoms with E-state index in [9.17, 15) is 9.18 Å². The van der Waals surface area contributed by atoms with E-state index < -0.39 is 5.41 Å². The maximum Gasteiger partial charge on any atom is 0.230 e. The molecule has 5 heteroatoms. The molecule has 0 aliphatic heterocycles. The normalized spacial score (nSPS) is 18.0. The molecule has 0 atom stereocenters. The third kappa shape index (κ3) is 3.57. The van der Waals surface area contributed by atoms with Crippen molar-refractivity contribution < 1.29 is 13.9 Å². The van der Waals surface area contributed by atoms with Gasteiger partial charge < -0.3 is 10.1 Å². The fourth-order valence-electron chi connectivity index (χ4n) is 3.40. The fraction of sp³-hybridized carbons (Fsp3) is 0.429. The molecule has 2 aliphatic carbocycles. The molecule has 2 aliphatic rings. The molecule has 1 amide bonds. The lowest BCUT2D eigenvalue weighted by Crippen LogP contribution is -2.49. The average molecular weight is 354 g/mol. The summed E-state index contributed by atoms with van der Waals surface area (Å²) in [5.74, 6) is 0.982. The molecule has 2 saturated carbocycles. The van der Waals surface area contributed by atoms with E-state index in [1.54, 1.807) is 12.3 Å². The van der Waals surface area contributed by atoms with Gasteiger partial charge in [0, 0.05) is 18.8 Å². The number of pyridine rings is 1. The number of amides is 1. The second-order valence-electron chi connectivity index (χ2n) is 7.39. The quantitative estimate of drug-likeness (QED) is 0.824. The summed E-state index contributed by atoms with van der Waals surface area (Å²) in [6.45, 7) is 1.14. The van der Waals surface area contributed by atoms with Crippen LogP contribution in [-0.4, -0.2) is 17.5 Å². The Morgan fingerprint density at radius 2 is 2.12 bits per heavy atom. The number of halogens is 1. The van der Waals surface area contributed by atoms with Crippen LogP contribution in [0.4, 0.5) is 4.39 Å². The minimum absolute atomic E-state index is 0.0385. The average Bonchev–Trinajstić information content (AvgIpc) is 3.43. The van der Waals surface area contributed by atoms with Crippen LogP contribution in [0, 0.1) is 11.7 Å². The Kier molecular flexibility index (Phi) is 4.62. The highest BCUT2D eigenvalue weighted by molar-refractivity contribution is 5.89. The van der Waals surface area contributed by atoms with Gasteiger partial charge in [-0.2, -0.15) is 0 Å². The van der Waals surface area contributed by atoms with Crippen molar-refractivity contribution in [2.45, 2.75) is 44.1 Å². The van der Waals surface area contributed by atoms with Crippen molar-refractivity contribution in [3.8, 4) is 5.88 Å². The van der Waals surface area contributed by atoms with Gasteiger partial charge in [-0.25, -0.2) is 9.37 Å². The zero-order valence-corrected chi connectivity index (χ0v) is 14.7. The number of rotatable bonds is 7. The molecule has 0 bridgehead atoms. The van der Waals surface area contributed by atoms with E-state index in [0.29, 0.717) is 18.3 Å². The van der Waals surface area contributed by atoms with Gasteiger partial charge in [0.2, 0.25) is 11.8 Å². The van der Waals surface area contributed by atoms with E-state index in [0.717, 1.165) is 37.0 Å². The van der Waals surface area contributed by atoms with Crippen LogP contribution in [0.15, 0.2) is 42.6 Å². The maximum atomic E-state index is 13.6. The van der Waals surface area contributed by atoms with Gasteiger partial charge in [-0.05, 0) is 54.9 Å². The van der Waals surface area contributed by atoms with Gasteiger partial charge in [-0.3, -0.25) is 4.79 Å². The first-order valence-corrected chi connectivity index (χ1v) is 9.28. The molecule has 1 aromatic heterocycles. The number of nitrogens with one attached hydrogen (secondary N) is 1. The topological polar surface area (TPSA) is 51.2 Å². The molecule has 1 heterocycles. The van der Waals surface area contributed by atoms with Crippen LogP contribution in [0.5, 0.6) is 5.88 Å². The summed E-state index contributed by atoms with van der Waals surface area (Å²) < 4.78 is 19.2. The molecule has 2 aromatic rings. The van der Waals surface area contributed by atoms with Crippen LogP contribution in [0.1, 0.15) is 43.2 Å². The van der Waals surface area contributed by atoms with E-state index in [-0.39, 0.29) is 11.7 Å². The molecule has 136 valence electrons. The Hall–Kier alpha value is -2.43. The highest BCUT2D eigenvalue weighted by Gasteiger charge is 2.45. The minimum atomic E-state index is -0.594. The molecule has 1 aromatic carbocycles. The predicted octanol–water partition coefficient (Wildman–Crippen LogP) is 3.75. The van der Waals surface area contributed by atoms with Crippen molar-refractivity contribution in [2.75, 3.05) is 6.61 Å². The van der Waals surface area contributed by atoms with Gasteiger partial charge in [0.1, 0.15) is 5.82 Å². The number of ether oxygens (including phenoxy) is 1. The largest absolute Gasteiger partial charge is 0.477 e. The van der Waals surface area contributed by atoms with E-state index >= 15 is 0 Å². The second kappa shape index (κ2) is 7.06. The van der Waals surface area contributed by atoms with Crippen molar-refractivity contribution in [3.05, 3.63) is 59.5 Å². The van der Waals surface area contributed by atoms with Crippen LogP contribution in [0.3, 0.4) is 0 Å². The lowest BCUT2D eigenvalue weighted by molar-refractivity contribution is -0.130. The van der Waals surface area contributed by atoms with Crippen molar-refractivity contribution >= 4 is 5.91 Å². The standard InChI is InChI=1S/C21H23FN2O2/c22-18-4-1-3-17(11-18)21(9-2-10-21)20(25)24-13-16-7-8-19(23-12-16)26-14-15-5-6-15/h1,3-4,7-8,11-12,15H,2,5-6,9-10,13-14H2,(H,24,25). The third-order valence-electron chi connectivity index (χ3n) is 5.43. The molecule has 0 unspecified atom stereocenters. The fourth-order valence-corrected chi connectivity index (χ4v) is 3.40. The highest BCUT2D eigenvalue weighted by Crippen LogP contribution is 2.44. The second-order valence-corrected chi connectivity index (χ2v) is 7.39. The summed E-state index contributed by atoms with van der Waals surface area (Å²) in [7, 11) is 0. The Morgan fingerprint density at radius 1 is 1.27 bits per heavy atom. The Labute approximate surface area is 152 Å². The first-order chi connectivity index (χ1) is 12.7. The van der Waals surface area contributed by atoms with Gasteiger partial charge in [-0.15, -0.1) is 0 Å². The summed E-state index contributed by atoms with van der Waals surface area (Å²) in [6, 6.07) is 10.2. The summed E-state index contributed by atoms with van der Waals surface area (Å²) in [6.07, 6.45) is 6.73. The molecule has 0 saturated heterocycles. The zero-order valence-electron chi connectivity index (χ0n) is 14.7. The number of benzene rings is 1. The van der Waals surface area contributed by atoms with Crippen LogP contribution in [0.25, 0.3) is 0 Å². The first kappa shape index (κ1) is 17.0. The van der Waals surface area contributed by atoms with Crippen molar-refractivity contribution in [2.24, 2.45) is 5.92 Å². The molecular formula is C21H23FN2O2. The number of hydrogen-bond acceptors (Lipinski definition) is 3. The number of carbonyl (C=O) groups excluding carboxylic acids is 1. The van der Waals surface area contributed by atoms with E-state index in [4.69, 9.17) is 4.74 Å². The van der Waals surface area contributed by atoms with Gasteiger partial charge >= 0.3 is 0 Å². The maximum absolute atomic E-state index is 13.6. The molecule has 0 spiro atoms. The highest BCUT2D eigenvalue weighted by atomic mass is 19.1. The Morgan fingerprint density at radius 3 is 2.73 bits per heavy atom. The number of nitrogens with zero attached hydrogens (tertiary/aromatic N) is 1. The lowest BCUT2D eigenvalue weighted by Gasteiger charge is -2.40. The van der Waals surface area contributed by atoms with Gasteiger partial charge in [0.15, 0.2) is 0 Å².